The molecule has 2 aliphatic rings. The summed E-state index contributed by atoms with van der Waals surface area (Å²) in [5.74, 6) is 1.10. The Morgan fingerprint density at radius 2 is 2.25 bits per heavy atom. The smallest absolute Gasteiger partial charge is 0.252 e. The summed E-state index contributed by atoms with van der Waals surface area (Å²) in [6.07, 6.45) is 3.20. The van der Waals surface area contributed by atoms with Crippen molar-refractivity contribution in [2.45, 2.75) is 44.4 Å². The first-order valence-corrected chi connectivity index (χ1v) is 11.8. The predicted octanol–water partition coefficient (Wildman–Crippen LogP) is 2.73. The molecule has 2 aromatic rings. The van der Waals surface area contributed by atoms with Gasteiger partial charge < -0.3 is 19.7 Å². The van der Waals surface area contributed by atoms with Gasteiger partial charge in [0, 0.05) is 30.2 Å². The summed E-state index contributed by atoms with van der Waals surface area (Å²) >= 11 is 1.53. The summed E-state index contributed by atoms with van der Waals surface area (Å²) < 4.78 is 11.9. The van der Waals surface area contributed by atoms with Crippen LogP contribution < -0.4 is 10.1 Å². The molecule has 32 heavy (non-hydrogen) atoms. The Labute approximate surface area is 191 Å². The van der Waals surface area contributed by atoms with Gasteiger partial charge in [0.05, 0.1) is 41.8 Å². The second-order valence-corrected chi connectivity index (χ2v) is 9.57. The highest BCUT2D eigenvalue weighted by atomic mass is 32.2. The van der Waals surface area contributed by atoms with Crippen LogP contribution in [0.3, 0.4) is 0 Å². The molecule has 0 radical (unpaired) electrons. The van der Waals surface area contributed by atoms with Gasteiger partial charge in [0.25, 0.3) is 5.91 Å². The van der Waals surface area contributed by atoms with E-state index >= 15 is 0 Å². The SMILES string of the molecule is CC1(C)CC(Oc2ccc3nccc(C(=O)NCC(=O)N4CSC[C@H]4C#N)c3c2)CCO1. The Kier molecular flexibility index (Phi) is 6.53. The van der Waals surface area contributed by atoms with Crippen LogP contribution in [0, 0.1) is 11.3 Å². The molecule has 1 unspecified atom stereocenters. The highest BCUT2D eigenvalue weighted by molar-refractivity contribution is 7.99. The van der Waals surface area contributed by atoms with Crippen LogP contribution in [-0.2, 0) is 9.53 Å². The number of nitriles is 1. The molecule has 2 amide bonds. The number of nitrogens with zero attached hydrogens (tertiary/aromatic N) is 3. The van der Waals surface area contributed by atoms with Gasteiger partial charge in [0.1, 0.15) is 17.9 Å². The van der Waals surface area contributed by atoms with Crippen molar-refractivity contribution in [3.8, 4) is 11.8 Å². The van der Waals surface area contributed by atoms with E-state index in [-0.39, 0.29) is 30.1 Å². The van der Waals surface area contributed by atoms with Crippen LogP contribution in [0.5, 0.6) is 5.75 Å². The van der Waals surface area contributed by atoms with E-state index in [1.165, 1.54) is 16.7 Å². The van der Waals surface area contributed by atoms with Crippen molar-refractivity contribution in [1.82, 2.24) is 15.2 Å². The van der Waals surface area contributed by atoms with Crippen LogP contribution >= 0.6 is 11.8 Å². The number of aromatic nitrogens is 1. The zero-order valence-corrected chi connectivity index (χ0v) is 19.0. The molecule has 2 saturated heterocycles. The summed E-state index contributed by atoms with van der Waals surface area (Å²) in [7, 11) is 0. The lowest BCUT2D eigenvalue weighted by Gasteiger charge is -2.35. The molecule has 0 aliphatic carbocycles. The molecule has 2 aliphatic heterocycles. The lowest BCUT2D eigenvalue weighted by molar-refractivity contribution is -0.129. The minimum Gasteiger partial charge on any atom is -0.490 e. The van der Waals surface area contributed by atoms with Gasteiger partial charge in [-0.15, -0.1) is 11.8 Å². The number of fused-ring (bicyclic) bond motifs is 1. The van der Waals surface area contributed by atoms with Crippen LogP contribution in [0.4, 0.5) is 0 Å². The maximum atomic E-state index is 12.9. The van der Waals surface area contributed by atoms with Crippen molar-refractivity contribution in [2.24, 2.45) is 0 Å². The van der Waals surface area contributed by atoms with Gasteiger partial charge >= 0.3 is 0 Å². The average Bonchev–Trinajstić information content (AvgIpc) is 3.25. The van der Waals surface area contributed by atoms with Gasteiger partial charge in [-0.25, -0.2) is 0 Å². The Balaban J connectivity index is 1.47. The van der Waals surface area contributed by atoms with Gasteiger partial charge in [0.15, 0.2) is 0 Å². The molecule has 0 bridgehead atoms. The number of nitrogens with one attached hydrogen (secondary N) is 1. The predicted molar refractivity (Wildman–Crippen MR) is 121 cm³/mol. The first-order valence-electron chi connectivity index (χ1n) is 10.6. The second-order valence-electron chi connectivity index (χ2n) is 8.57. The third-order valence-electron chi connectivity index (χ3n) is 5.66. The van der Waals surface area contributed by atoms with Gasteiger partial charge in [-0.3, -0.25) is 14.6 Å². The summed E-state index contributed by atoms with van der Waals surface area (Å²) in [4.78, 5) is 31.2. The van der Waals surface area contributed by atoms with Crippen molar-refractivity contribution in [2.75, 3.05) is 24.8 Å². The quantitative estimate of drug-likeness (QED) is 0.741. The van der Waals surface area contributed by atoms with Crippen LogP contribution in [0.15, 0.2) is 30.5 Å². The van der Waals surface area contributed by atoms with Crippen molar-refractivity contribution >= 4 is 34.5 Å². The molecule has 0 spiro atoms. The molecule has 1 aromatic carbocycles. The second kappa shape index (κ2) is 9.35. The van der Waals surface area contributed by atoms with Crippen molar-refractivity contribution in [3.05, 3.63) is 36.0 Å². The Bertz CT molecular complexity index is 1070. The van der Waals surface area contributed by atoms with Gasteiger partial charge in [0.2, 0.25) is 5.91 Å². The minimum atomic E-state index is -0.443. The van der Waals surface area contributed by atoms with Crippen molar-refractivity contribution in [1.29, 1.82) is 5.26 Å². The largest absolute Gasteiger partial charge is 0.490 e. The molecule has 9 heteroatoms. The fourth-order valence-corrected chi connectivity index (χ4v) is 5.12. The van der Waals surface area contributed by atoms with E-state index in [2.05, 4.69) is 30.2 Å². The molecule has 8 nitrogen and oxygen atoms in total. The minimum absolute atomic E-state index is 0.0363. The first-order chi connectivity index (χ1) is 15.4. The lowest BCUT2D eigenvalue weighted by atomic mass is 9.96. The standard InChI is InChI=1S/C23H26N4O4S/c1-23(2)10-17(6-8-30-23)31-16-3-4-20-19(9-16)18(5-7-25-20)22(29)26-12-21(28)27-14-32-13-15(27)11-24/h3-5,7,9,15,17H,6,8,10,12-14H2,1-2H3,(H,26,29)/t15-,17?/m1/s1. The van der Waals surface area contributed by atoms with Crippen LogP contribution in [0.1, 0.15) is 37.0 Å². The van der Waals surface area contributed by atoms with Gasteiger partial charge in [-0.1, -0.05) is 0 Å². The van der Waals surface area contributed by atoms with E-state index in [4.69, 9.17) is 14.7 Å². The fraction of sp³-hybridized carbons (Fsp3) is 0.478. The maximum Gasteiger partial charge on any atom is 0.252 e. The molecule has 1 aromatic heterocycles. The highest BCUT2D eigenvalue weighted by Crippen LogP contribution is 2.29. The molecule has 1 N–H and O–H groups in total. The summed E-state index contributed by atoms with van der Waals surface area (Å²) in [5.41, 5.74) is 0.870. The number of ether oxygens (including phenoxy) is 2. The molecule has 2 atom stereocenters. The lowest BCUT2D eigenvalue weighted by Crippen LogP contribution is -2.42. The number of hydrogen-bond acceptors (Lipinski definition) is 7. The van der Waals surface area contributed by atoms with E-state index in [1.807, 2.05) is 18.2 Å². The van der Waals surface area contributed by atoms with E-state index in [9.17, 15) is 9.59 Å². The van der Waals surface area contributed by atoms with Gasteiger partial charge in [-0.05, 0) is 38.1 Å². The molecule has 4 rings (SSSR count). The number of thioether (sulfide) groups is 1. The molecule has 3 heterocycles. The molecular weight excluding hydrogens is 428 g/mol. The van der Waals surface area contributed by atoms with Crippen LogP contribution in [-0.4, -0.2) is 64.2 Å². The van der Waals surface area contributed by atoms with Crippen LogP contribution in [0.25, 0.3) is 10.9 Å². The van der Waals surface area contributed by atoms with E-state index < -0.39 is 6.04 Å². The van der Waals surface area contributed by atoms with Crippen LogP contribution in [0.2, 0.25) is 0 Å². The zero-order valence-electron chi connectivity index (χ0n) is 18.2. The third-order valence-corrected chi connectivity index (χ3v) is 6.68. The maximum absolute atomic E-state index is 12.9. The summed E-state index contributed by atoms with van der Waals surface area (Å²) in [6.45, 7) is 4.60. The number of hydrogen-bond donors (Lipinski definition) is 1. The third kappa shape index (κ3) is 4.97. The Hall–Kier alpha value is -2.83. The fourth-order valence-electron chi connectivity index (χ4n) is 4.01. The number of rotatable bonds is 5. The van der Waals surface area contributed by atoms with E-state index in [1.54, 1.807) is 12.3 Å². The monoisotopic (exact) mass is 454 g/mol. The zero-order chi connectivity index (χ0) is 22.7. The van der Waals surface area contributed by atoms with E-state index in [0.29, 0.717) is 40.5 Å². The number of carbonyl (C=O) groups excluding carboxylic acids is 2. The van der Waals surface area contributed by atoms with Crippen molar-refractivity contribution < 1.29 is 19.1 Å². The number of benzene rings is 1. The number of pyridine rings is 1. The Morgan fingerprint density at radius 1 is 1.41 bits per heavy atom. The topological polar surface area (TPSA) is 105 Å². The normalized spacial score (nSPS) is 22.3. The summed E-state index contributed by atoms with van der Waals surface area (Å²) in [6, 6.07) is 8.82. The number of amides is 2. The molecule has 0 saturated carbocycles. The van der Waals surface area contributed by atoms with Crippen molar-refractivity contribution in [3.63, 3.8) is 0 Å². The molecule has 168 valence electrons. The number of carbonyl (C=O) groups is 2. The Morgan fingerprint density at radius 3 is 3.03 bits per heavy atom. The summed E-state index contributed by atoms with van der Waals surface area (Å²) in [5, 5.41) is 12.5. The average molecular weight is 455 g/mol. The van der Waals surface area contributed by atoms with Gasteiger partial charge in [-0.2, -0.15) is 5.26 Å². The molecular formula is C23H26N4O4S. The first kappa shape index (κ1) is 22.4. The molecule has 2 fully saturated rings. The highest BCUT2D eigenvalue weighted by Gasteiger charge is 2.31. The van der Waals surface area contributed by atoms with E-state index in [0.717, 1.165) is 12.8 Å².